The number of benzene rings is 2. The van der Waals surface area contributed by atoms with Crippen molar-refractivity contribution in [2.75, 3.05) is 38.2 Å². The Morgan fingerprint density at radius 3 is 2.73 bits per heavy atom. The van der Waals surface area contributed by atoms with Gasteiger partial charge in [0.15, 0.2) is 0 Å². The monoisotopic (exact) mass is 421 g/mol. The predicted molar refractivity (Wildman–Crippen MR) is 110 cm³/mol. The summed E-state index contributed by atoms with van der Waals surface area (Å²) in [5.41, 5.74) is 0.607. The number of anilines is 1. The molecule has 1 heterocycles. The van der Waals surface area contributed by atoms with Gasteiger partial charge >= 0.3 is 12.2 Å². The molecule has 162 valence electrons. The maximum atomic E-state index is 13.0. The minimum Gasteiger partial charge on any atom is -0.497 e. The van der Waals surface area contributed by atoms with Gasteiger partial charge in [0, 0.05) is 37.9 Å². The lowest BCUT2D eigenvalue weighted by atomic mass is 10.0. The number of carbonyl (C=O) groups is 1. The molecule has 1 aliphatic heterocycles. The molecule has 0 bridgehead atoms. The van der Waals surface area contributed by atoms with E-state index in [1.165, 1.54) is 12.1 Å². The SMILES string of the molecule is COc1cccc(N2CCC(CNC(=O)NCCc3ccccc3C(F)(F)F)C2)c1. The van der Waals surface area contributed by atoms with Crippen molar-refractivity contribution in [2.45, 2.75) is 19.0 Å². The smallest absolute Gasteiger partial charge is 0.416 e. The van der Waals surface area contributed by atoms with Gasteiger partial charge in [-0.25, -0.2) is 4.79 Å². The highest BCUT2D eigenvalue weighted by molar-refractivity contribution is 5.73. The Balaban J connectivity index is 1.41. The van der Waals surface area contributed by atoms with Crippen molar-refractivity contribution in [2.24, 2.45) is 5.92 Å². The van der Waals surface area contributed by atoms with Gasteiger partial charge in [-0.05, 0) is 42.5 Å². The van der Waals surface area contributed by atoms with Crippen LogP contribution in [0.15, 0.2) is 48.5 Å². The summed E-state index contributed by atoms with van der Waals surface area (Å²) in [5.74, 6) is 1.12. The molecule has 0 aromatic heterocycles. The molecule has 1 atom stereocenters. The normalized spacial score (nSPS) is 16.4. The van der Waals surface area contributed by atoms with Crippen LogP contribution in [0.1, 0.15) is 17.5 Å². The molecule has 2 N–H and O–H groups in total. The molecule has 8 heteroatoms. The molecule has 0 spiro atoms. The summed E-state index contributed by atoms with van der Waals surface area (Å²) >= 11 is 0. The fourth-order valence-corrected chi connectivity index (χ4v) is 3.67. The van der Waals surface area contributed by atoms with E-state index in [4.69, 9.17) is 4.74 Å². The first-order chi connectivity index (χ1) is 14.4. The standard InChI is InChI=1S/C22H26F3N3O2/c1-30-19-7-4-6-18(13-19)28-12-10-16(15-28)14-27-21(29)26-11-9-17-5-2-3-8-20(17)22(23,24)25/h2-8,13,16H,9-12,14-15H2,1H3,(H2,26,27,29). The van der Waals surface area contributed by atoms with Crippen LogP contribution in [0.25, 0.3) is 0 Å². The van der Waals surface area contributed by atoms with E-state index in [9.17, 15) is 18.0 Å². The second kappa shape index (κ2) is 9.73. The van der Waals surface area contributed by atoms with Crippen molar-refractivity contribution in [1.82, 2.24) is 10.6 Å². The van der Waals surface area contributed by atoms with Gasteiger partial charge in [0.25, 0.3) is 0 Å². The largest absolute Gasteiger partial charge is 0.497 e. The fourth-order valence-electron chi connectivity index (χ4n) is 3.67. The number of hydrogen-bond acceptors (Lipinski definition) is 3. The predicted octanol–water partition coefficient (Wildman–Crippen LogP) is 4.08. The molecule has 0 saturated carbocycles. The maximum absolute atomic E-state index is 13.0. The molecule has 2 amide bonds. The summed E-state index contributed by atoms with van der Waals surface area (Å²) < 4.78 is 44.3. The highest BCUT2D eigenvalue weighted by atomic mass is 19.4. The number of rotatable bonds is 7. The van der Waals surface area contributed by atoms with Gasteiger partial charge < -0.3 is 20.3 Å². The van der Waals surface area contributed by atoms with Crippen molar-refractivity contribution in [3.8, 4) is 5.75 Å². The number of urea groups is 1. The number of halogens is 3. The average Bonchev–Trinajstić information content (AvgIpc) is 3.21. The van der Waals surface area contributed by atoms with Gasteiger partial charge in [-0.1, -0.05) is 24.3 Å². The first-order valence-corrected chi connectivity index (χ1v) is 9.92. The molecule has 5 nitrogen and oxygen atoms in total. The minimum absolute atomic E-state index is 0.121. The van der Waals surface area contributed by atoms with Gasteiger partial charge in [0.1, 0.15) is 5.75 Å². The van der Waals surface area contributed by atoms with E-state index in [0.29, 0.717) is 12.5 Å². The van der Waals surface area contributed by atoms with Crippen molar-refractivity contribution < 1.29 is 22.7 Å². The molecular weight excluding hydrogens is 395 g/mol. The summed E-state index contributed by atoms with van der Waals surface area (Å²) in [7, 11) is 1.64. The molecule has 30 heavy (non-hydrogen) atoms. The lowest BCUT2D eigenvalue weighted by molar-refractivity contribution is -0.138. The van der Waals surface area contributed by atoms with Crippen LogP contribution in [0.3, 0.4) is 0 Å². The molecule has 2 aromatic carbocycles. The third-order valence-corrected chi connectivity index (χ3v) is 5.26. The Hall–Kier alpha value is -2.90. The summed E-state index contributed by atoms with van der Waals surface area (Å²) in [5, 5.41) is 5.47. The van der Waals surface area contributed by atoms with Gasteiger partial charge in [-0.2, -0.15) is 13.2 Å². The van der Waals surface area contributed by atoms with Crippen LogP contribution in [-0.4, -0.2) is 39.3 Å². The van der Waals surface area contributed by atoms with Gasteiger partial charge in [0.2, 0.25) is 0 Å². The van der Waals surface area contributed by atoms with Crippen LogP contribution in [0.5, 0.6) is 5.75 Å². The van der Waals surface area contributed by atoms with E-state index < -0.39 is 11.7 Å². The first kappa shape index (κ1) is 21.8. The van der Waals surface area contributed by atoms with Crippen molar-refractivity contribution in [3.63, 3.8) is 0 Å². The number of nitrogens with one attached hydrogen (secondary N) is 2. The highest BCUT2D eigenvalue weighted by Crippen LogP contribution is 2.32. The second-order valence-electron chi connectivity index (χ2n) is 7.34. The molecule has 0 radical (unpaired) electrons. The molecule has 1 unspecified atom stereocenters. The Kier molecular flexibility index (Phi) is 7.07. The lowest BCUT2D eigenvalue weighted by Gasteiger charge is -2.19. The van der Waals surface area contributed by atoms with Gasteiger partial charge in [0.05, 0.1) is 12.7 Å². The van der Waals surface area contributed by atoms with Crippen molar-refractivity contribution >= 4 is 11.7 Å². The third kappa shape index (κ3) is 5.81. The van der Waals surface area contributed by atoms with E-state index in [-0.39, 0.29) is 24.6 Å². The molecule has 1 saturated heterocycles. The lowest BCUT2D eigenvalue weighted by Crippen LogP contribution is -2.39. The van der Waals surface area contributed by atoms with E-state index in [0.717, 1.165) is 37.0 Å². The number of carbonyl (C=O) groups excluding carboxylic acids is 1. The van der Waals surface area contributed by atoms with Gasteiger partial charge in [-0.15, -0.1) is 0 Å². The molecule has 2 aromatic rings. The number of nitrogens with zero attached hydrogens (tertiary/aromatic N) is 1. The molecular formula is C22H26F3N3O2. The number of methoxy groups -OCH3 is 1. The fraction of sp³-hybridized carbons (Fsp3) is 0.409. The second-order valence-corrected chi connectivity index (χ2v) is 7.34. The topological polar surface area (TPSA) is 53.6 Å². The Morgan fingerprint density at radius 1 is 1.17 bits per heavy atom. The zero-order valence-electron chi connectivity index (χ0n) is 16.8. The van der Waals surface area contributed by atoms with Crippen molar-refractivity contribution in [1.29, 1.82) is 0 Å². The van der Waals surface area contributed by atoms with Crippen LogP contribution >= 0.6 is 0 Å². The van der Waals surface area contributed by atoms with Crippen LogP contribution in [-0.2, 0) is 12.6 Å². The molecule has 1 fully saturated rings. The summed E-state index contributed by atoms with van der Waals surface area (Å²) in [6.07, 6.45) is -3.32. The Morgan fingerprint density at radius 2 is 1.97 bits per heavy atom. The summed E-state index contributed by atoms with van der Waals surface area (Å²) in [6, 6.07) is 12.9. The van der Waals surface area contributed by atoms with Crippen LogP contribution in [0.2, 0.25) is 0 Å². The number of alkyl halides is 3. The van der Waals surface area contributed by atoms with Crippen LogP contribution in [0.4, 0.5) is 23.7 Å². The average molecular weight is 421 g/mol. The van der Waals surface area contributed by atoms with Gasteiger partial charge in [-0.3, -0.25) is 0 Å². The zero-order chi connectivity index (χ0) is 21.6. The van der Waals surface area contributed by atoms with E-state index >= 15 is 0 Å². The Labute approximate surface area is 174 Å². The molecule has 1 aliphatic rings. The quantitative estimate of drug-likeness (QED) is 0.708. The number of ether oxygens (including phenoxy) is 1. The van der Waals surface area contributed by atoms with Crippen molar-refractivity contribution in [3.05, 3.63) is 59.7 Å². The number of amides is 2. The first-order valence-electron chi connectivity index (χ1n) is 9.92. The number of hydrogen-bond donors (Lipinski definition) is 2. The Bertz CT molecular complexity index is 858. The van der Waals surface area contributed by atoms with Crippen LogP contribution in [0, 0.1) is 5.92 Å². The van der Waals surface area contributed by atoms with E-state index in [1.54, 1.807) is 13.2 Å². The summed E-state index contributed by atoms with van der Waals surface area (Å²) in [4.78, 5) is 14.3. The third-order valence-electron chi connectivity index (χ3n) is 5.26. The minimum atomic E-state index is -4.39. The summed E-state index contributed by atoms with van der Waals surface area (Å²) in [6.45, 7) is 2.38. The van der Waals surface area contributed by atoms with E-state index in [1.807, 2.05) is 24.3 Å². The highest BCUT2D eigenvalue weighted by Gasteiger charge is 2.32. The molecule has 0 aliphatic carbocycles. The maximum Gasteiger partial charge on any atom is 0.416 e. The van der Waals surface area contributed by atoms with E-state index in [2.05, 4.69) is 15.5 Å². The molecule has 3 rings (SSSR count). The van der Waals surface area contributed by atoms with Crippen LogP contribution < -0.4 is 20.3 Å². The zero-order valence-corrected chi connectivity index (χ0v) is 16.8.